The standard InChI is InChI=1S/C10H23NO2/c1-2-10(9-13)11-7-5-3-4-6-8-12/h10-13H,2-9H2,1H3. The minimum Gasteiger partial charge on any atom is -0.396 e. The van der Waals surface area contributed by atoms with Gasteiger partial charge in [-0.1, -0.05) is 19.8 Å². The Hall–Kier alpha value is -0.120. The second kappa shape index (κ2) is 9.96. The first-order valence-electron chi connectivity index (χ1n) is 5.30. The second-order valence-corrected chi connectivity index (χ2v) is 3.38. The van der Waals surface area contributed by atoms with Crippen LogP contribution in [0, 0.1) is 0 Å². The summed E-state index contributed by atoms with van der Waals surface area (Å²) < 4.78 is 0. The maximum Gasteiger partial charge on any atom is 0.0584 e. The smallest absolute Gasteiger partial charge is 0.0584 e. The topological polar surface area (TPSA) is 52.5 Å². The number of unbranched alkanes of at least 4 members (excludes halogenated alkanes) is 3. The number of aliphatic hydroxyl groups is 2. The average Bonchev–Trinajstić information content (AvgIpc) is 2.17. The van der Waals surface area contributed by atoms with Gasteiger partial charge in [-0.3, -0.25) is 0 Å². The Labute approximate surface area is 81.2 Å². The SMILES string of the molecule is CCC(CO)NCCCCCCO. The van der Waals surface area contributed by atoms with Gasteiger partial charge in [-0.15, -0.1) is 0 Å². The third-order valence-electron chi connectivity index (χ3n) is 2.23. The van der Waals surface area contributed by atoms with Crippen molar-refractivity contribution in [2.75, 3.05) is 19.8 Å². The van der Waals surface area contributed by atoms with Gasteiger partial charge < -0.3 is 15.5 Å². The van der Waals surface area contributed by atoms with Crippen molar-refractivity contribution in [3.63, 3.8) is 0 Å². The molecule has 0 saturated heterocycles. The lowest BCUT2D eigenvalue weighted by molar-refractivity contribution is 0.238. The van der Waals surface area contributed by atoms with Crippen molar-refractivity contribution in [3.05, 3.63) is 0 Å². The Morgan fingerprint density at radius 2 is 1.77 bits per heavy atom. The highest BCUT2D eigenvalue weighted by Crippen LogP contribution is 1.98. The summed E-state index contributed by atoms with van der Waals surface area (Å²) in [6, 6.07) is 0.262. The van der Waals surface area contributed by atoms with Crippen molar-refractivity contribution in [1.82, 2.24) is 5.32 Å². The molecule has 0 saturated carbocycles. The average molecular weight is 189 g/mol. The fourth-order valence-corrected chi connectivity index (χ4v) is 1.23. The summed E-state index contributed by atoms with van der Waals surface area (Å²) >= 11 is 0. The summed E-state index contributed by atoms with van der Waals surface area (Å²) in [6.07, 6.45) is 5.30. The number of rotatable bonds is 9. The Kier molecular flexibility index (Phi) is 9.87. The molecule has 0 aromatic heterocycles. The van der Waals surface area contributed by atoms with Gasteiger partial charge in [0.25, 0.3) is 0 Å². The van der Waals surface area contributed by atoms with E-state index in [1.807, 2.05) is 0 Å². The molecular weight excluding hydrogens is 166 g/mol. The summed E-state index contributed by atoms with van der Waals surface area (Å²) in [5, 5.41) is 20.7. The van der Waals surface area contributed by atoms with Crippen LogP contribution in [0.1, 0.15) is 39.0 Å². The van der Waals surface area contributed by atoms with Gasteiger partial charge >= 0.3 is 0 Å². The lowest BCUT2D eigenvalue weighted by Gasteiger charge is -2.13. The van der Waals surface area contributed by atoms with E-state index in [2.05, 4.69) is 12.2 Å². The molecule has 0 spiro atoms. The van der Waals surface area contributed by atoms with Crippen molar-refractivity contribution in [2.24, 2.45) is 0 Å². The molecule has 3 nitrogen and oxygen atoms in total. The summed E-state index contributed by atoms with van der Waals surface area (Å²) in [5.41, 5.74) is 0. The number of hydrogen-bond acceptors (Lipinski definition) is 3. The monoisotopic (exact) mass is 189 g/mol. The first-order chi connectivity index (χ1) is 6.35. The predicted octanol–water partition coefficient (Wildman–Crippen LogP) is 0.900. The van der Waals surface area contributed by atoms with Crippen LogP contribution in [0.4, 0.5) is 0 Å². The van der Waals surface area contributed by atoms with Crippen LogP contribution >= 0.6 is 0 Å². The maximum atomic E-state index is 8.87. The van der Waals surface area contributed by atoms with Crippen LogP contribution in [0.5, 0.6) is 0 Å². The molecule has 0 aliphatic rings. The predicted molar refractivity (Wildman–Crippen MR) is 54.7 cm³/mol. The van der Waals surface area contributed by atoms with E-state index in [0.717, 1.165) is 38.6 Å². The number of aliphatic hydroxyl groups excluding tert-OH is 2. The van der Waals surface area contributed by atoms with E-state index in [-0.39, 0.29) is 12.6 Å². The van der Waals surface area contributed by atoms with Crippen LogP contribution in [-0.2, 0) is 0 Å². The van der Waals surface area contributed by atoms with Crippen molar-refractivity contribution >= 4 is 0 Å². The third-order valence-corrected chi connectivity index (χ3v) is 2.23. The second-order valence-electron chi connectivity index (χ2n) is 3.38. The van der Waals surface area contributed by atoms with Crippen LogP contribution in [0.3, 0.4) is 0 Å². The molecule has 0 radical (unpaired) electrons. The van der Waals surface area contributed by atoms with Crippen LogP contribution in [0.15, 0.2) is 0 Å². The molecule has 3 heteroatoms. The van der Waals surface area contributed by atoms with Gasteiger partial charge in [0.05, 0.1) is 6.61 Å². The minimum absolute atomic E-state index is 0.229. The van der Waals surface area contributed by atoms with E-state index in [1.165, 1.54) is 0 Å². The van der Waals surface area contributed by atoms with Crippen LogP contribution in [0.2, 0.25) is 0 Å². The van der Waals surface area contributed by atoms with Gasteiger partial charge in [-0.25, -0.2) is 0 Å². The van der Waals surface area contributed by atoms with Crippen LogP contribution < -0.4 is 5.32 Å². The fraction of sp³-hybridized carbons (Fsp3) is 1.00. The Bertz CT molecular complexity index is 94.9. The highest BCUT2D eigenvalue weighted by Gasteiger charge is 2.01. The molecule has 0 amide bonds. The van der Waals surface area contributed by atoms with E-state index in [1.54, 1.807) is 0 Å². The zero-order valence-electron chi connectivity index (χ0n) is 8.63. The molecule has 0 aromatic rings. The molecule has 0 fully saturated rings. The van der Waals surface area contributed by atoms with Gasteiger partial charge in [0.15, 0.2) is 0 Å². The van der Waals surface area contributed by atoms with Gasteiger partial charge in [-0.05, 0) is 25.8 Å². The van der Waals surface area contributed by atoms with Crippen LogP contribution in [0.25, 0.3) is 0 Å². The van der Waals surface area contributed by atoms with E-state index in [0.29, 0.717) is 6.61 Å². The van der Waals surface area contributed by atoms with E-state index in [9.17, 15) is 0 Å². The molecule has 0 bridgehead atoms. The molecule has 0 aliphatic carbocycles. The number of hydrogen-bond donors (Lipinski definition) is 3. The molecule has 0 heterocycles. The Balaban J connectivity index is 3.05. The first kappa shape index (κ1) is 12.9. The van der Waals surface area contributed by atoms with E-state index in [4.69, 9.17) is 10.2 Å². The van der Waals surface area contributed by atoms with E-state index < -0.39 is 0 Å². The van der Waals surface area contributed by atoms with Gasteiger partial charge in [-0.2, -0.15) is 0 Å². The fourth-order valence-electron chi connectivity index (χ4n) is 1.23. The molecule has 80 valence electrons. The zero-order valence-corrected chi connectivity index (χ0v) is 8.63. The van der Waals surface area contributed by atoms with Crippen molar-refractivity contribution in [2.45, 2.75) is 45.1 Å². The van der Waals surface area contributed by atoms with Crippen molar-refractivity contribution in [1.29, 1.82) is 0 Å². The summed E-state index contributed by atoms with van der Waals surface area (Å²) in [4.78, 5) is 0. The summed E-state index contributed by atoms with van der Waals surface area (Å²) in [5.74, 6) is 0. The quantitative estimate of drug-likeness (QED) is 0.472. The lowest BCUT2D eigenvalue weighted by atomic mass is 10.2. The molecule has 13 heavy (non-hydrogen) atoms. The molecule has 1 atom stereocenters. The first-order valence-corrected chi connectivity index (χ1v) is 5.30. The summed E-state index contributed by atoms with van der Waals surface area (Å²) in [6.45, 7) is 3.58. The van der Waals surface area contributed by atoms with Crippen molar-refractivity contribution in [3.8, 4) is 0 Å². The van der Waals surface area contributed by atoms with E-state index >= 15 is 0 Å². The van der Waals surface area contributed by atoms with Crippen molar-refractivity contribution < 1.29 is 10.2 Å². The minimum atomic E-state index is 0.229. The molecule has 1 unspecified atom stereocenters. The normalized spacial score (nSPS) is 13.2. The largest absolute Gasteiger partial charge is 0.396 e. The molecular formula is C10H23NO2. The molecule has 0 rings (SSSR count). The van der Waals surface area contributed by atoms with Gasteiger partial charge in [0, 0.05) is 12.6 Å². The molecule has 3 N–H and O–H groups in total. The lowest BCUT2D eigenvalue weighted by Crippen LogP contribution is -2.32. The molecule has 0 aromatic carbocycles. The Morgan fingerprint density at radius 3 is 2.31 bits per heavy atom. The summed E-state index contributed by atoms with van der Waals surface area (Å²) in [7, 11) is 0. The third kappa shape index (κ3) is 8.22. The Morgan fingerprint density at radius 1 is 1.08 bits per heavy atom. The highest BCUT2D eigenvalue weighted by atomic mass is 16.3. The van der Waals surface area contributed by atoms with Gasteiger partial charge in [0.1, 0.15) is 0 Å². The van der Waals surface area contributed by atoms with Crippen LogP contribution in [-0.4, -0.2) is 36.0 Å². The maximum absolute atomic E-state index is 8.87. The number of nitrogens with one attached hydrogen (secondary N) is 1. The van der Waals surface area contributed by atoms with Gasteiger partial charge in [0.2, 0.25) is 0 Å². The highest BCUT2D eigenvalue weighted by molar-refractivity contribution is 4.62. The zero-order chi connectivity index (χ0) is 9.94. The molecule has 0 aliphatic heterocycles.